The molecule has 0 aromatic heterocycles. The molecule has 0 heterocycles. The van der Waals surface area contributed by atoms with Gasteiger partial charge in [-0.05, 0) is 36.8 Å². The van der Waals surface area contributed by atoms with Crippen molar-refractivity contribution in [2.45, 2.75) is 84.2 Å². The van der Waals surface area contributed by atoms with Gasteiger partial charge in [0.1, 0.15) is 30.0 Å². The van der Waals surface area contributed by atoms with E-state index >= 15 is 0 Å². The Labute approximate surface area is 200 Å². The second-order valence-electron chi connectivity index (χ2n) is 11.2. The molecule has 4 aliphatic rings. The third-order valence-corrected chi connectivity index (χ3v) is 9.06. The van der Waals surface area contributed by atoms with Gasteiger partial charge in [0, 0.05) is 30.6 Å². The van der Waals surface area contributed by atoms with Gasteiger partial charge in [0.15, 0.2) is 5.78 Å². The largest absolute Gasteiger partial charge is 0.461 e. The van der Waals surface area contributed by atoms with E-state index < -0.39 is 52.0 Å². The Morgan fingerprint density at radius 1 is 1.21 bits per heavy atom. The molecular weight excluding hydrogens is 440 g/mol. The number of rotatable bonds is 5. The normalized spacial score (nSPS) is 44.0. The lowest BCUT2D eigenvalue weighted by molar-refractivity contribution is -0.192. The molecule has 0 radical (unpaired) electrons. The summed E-state index contributed by atoms with van der Waals surface area (Å²) < 4.78 is 11.3. The molecule has 0 aromatic carbocycles. The number of hydrogen-bond donors (Lipinski definition) is 3. The van der Waals surface area contributed by atoms with E-state index in [4.69, 9.17) is 9.47 Å². The highest BCUT2D eigenvalue weighted by Gasteiger charge is 2.83. The van der Waals surface area contributed by atoms with E-state index in [-0.39, 0.29) is 36.3 Å². The van der Waals surface area contributed by atoms with Crippen LogP contribution in [0.4, 0.5) is 0 Å². The van der Waals surface area contributed by atoms with Gasteiger partial charge in [0.25, 0.3) is 0 Å². The Morgan fingerprint density at radius 3 is 2.44 bits per heavy atom. The van der Waals surface area contributed by atoms with Crippen LogP contribution < -0.4 is 0 Å². The number of Topliss-reactive ketones (excluding diaryl/α,β-unsaturated/α-hetero) is 1. The number of aliphatic hydroxyl groups is 3. The zero-order valence-electron chi connectivity index (χ0n) is 20.8. The maximum Gasteiger partial charge on any atom is 0.306 e. The zero-order valence-corrected chi connectivity index (χ0v) is 20.8. The highest BCUT2D eigenvalue weighted by molar-refractivity contribution is 5.95. The van der Waals surface area contributed by atoms with E-state index in [9.17, 15) is 29.7 Å². The van der Waals surface area contributed by atoms with E-state index in [1.165, 1.54) is 6.92 Å². The van der Waals surface area contributed by atoms with Crippen molar-refractivity contribution in [3.05, 3.63) is 23.3 Å². The maximum absolute atomic E-state index is 14.3. The van der Waals surface area contributed by atoms with E-state index in [0.29, 0.717) is 18.4 Å². The average Bonchev–Trinajstić information content (AvgIpc) is 3.15. The predicted octanol–water partition coefficient (Wildman–Crippen LogP) is 1.85. The van der Waals surface area contributed by atoms with Crippen LogP contribution in [0.15, 0.2) is 23.3 Å². The molecular formula is C26H36O8. The number of aliphatic hydroxyl groups excluding tert-OH is 2. The van der Waals surface area contributed by atoms with E-state index in [1.807, 2.05) is 20.8 Å². The minimum atomic E-state index is -2.25. The molecule has 0 saturated heterocycles. The summed E-state index contributed by atoms with van der Waals surface area (Å²) in [5.74, 6) is -2.98. The third-order valence-electron chi connectivity index (χ3n) is 9.06. The minimum Gasteiger partial charge on any atom is -0.461 e. The summed E-state index contributed by atoms with van der Waals surface area (Å²) in [5, 5.41) is 34.5. The second-order valence-corrected chi connectivity index (χ2v) is 11.2. The van der Waals surface area contributed by atoms with Gasteiger partial charge in [0.2, 0.25) is 0 Å². The molecule has 2 saturated carbocycles. The molecule has 8 atom stereocenters. The Hall–Kier alpha value is -2.03. The van der Waals surface area contributed by atoms with Gasteiger partial charge in [-0.3, -0.25) is 14.4 Å². The van der Waals surface area contributed by atoms with Crippen LogP contribution in [0.1, 0.15) is 60.8 Å². The van der Waals surface area contributed by atoms with Gasteiger partial charge >= 0.3 is 11.9 Å². The summed E-state index contributed by atoms with van der Waals surface area (Å²) >= 11 is 0. The van der Waals surface area contributed by atoms with Crippen molar-refractivity contribution in [3.8, 4) is 0 Å². The molecule has 2 fully saturated rings. The highest BCUT2D eigenvalue weighted by Crippen LogP contribution is 2.75. The molecule has 34 heavy (non-hydrogen) atoms. The summed E-state index contributed by atoms with van der Waals surface area (Å²) in [4.78, 5) is 38.5. The van der Waals surface area contributed by atoms with Crippen molar-refractivity contribution in [1.29, 1.82) is 0 Å². The Balaban J connectivity index is 1.92. The summed E-state index contributed by atoms with van der Waals surface area (Å²) in [6.45, 7) is 10.2. The number of ether oxygens (including phenoxy) is 2. The molecule has 8 nitrogen and oxygen atoms in total. The van der Waals surface area contributed by atoms with Gasteiger partial charge in [-0.15, -0.1) is 0 Å². The molecule has 4 rings (SSSR count). The zero-order chi connectivity index (χ0) is 25.4. The fourth-order valence-electron chi connectivity index (χ4n) is 7.36. The highest BCUT2D eigenvalue weighted by atomic mass is 16.6. The fraction of sp³-hybridized carbons (Fsp3) is 0.731. The second kappa shape index (κ2) is 7.73. The van der Waals surface area contributed by atoms with Gasteiger partial charge in [-0.2, -0.15) is 0 Å². The molecule has 8 heteroatoms. The molecule has 0 aromatic rings. The quantitative estimate of drug-likeness (QED) is 0.405. The first-order valence-corrected chi connectivity index (χ1v) is 12.1. The Bertz CT molecular complexity index is 995. The van der Waals surface area contributed by atoms with Crippen LogP contribution in [0.25, 0.3) is 0 Å². The molecule has 1 spiro atoms. The van der Waals surface area contributed by atoms with Crippen molar-refractivity contribution >= 4 is 17.7 Å². The van der Waals surface area contributed by atoms with E-state index in [0.717, 1.165) is 0 Å². The molecule has 4 aliphatic carbocycles. The number of carbonyl (C=O) groups excluding carboxylic acids is 3. The summed E-state index contributed by atoms with van der Waals surface area (Å²) in [7, 11) is 0. The smallest absolute Gasteiger partial charge is 0.306 e. The van der Waals surface area contributed by atoms with E-state index in [1.54, 1.807) is 26.0 Å². The van der Waals surface area contributed by atoms with Crippen molar-refractivity contribution in [2.24, 2.45) is 28.6 Å². The molecule has 188 valence electrons. The number of hydrogen-bond acceptors (Lipinski definition) is 8. The maximum atomic E-state index is 14.3. The number of esters is 2. The first kappa shape index (κ1) is 25.1. The number of ketones is 1. The van der Waals surface area contributed by atoms with Crippen LogP contribution in [0.2, 0.25) is 0 Å². The predicted molar refractivity (Wildman–Crippen MR) is 121 cm³/mol. The Morgan fingerprint density at radius 2 is 1.85 bits per heavy atom. The van der Waals surface area contributed by atoms with Crippen LogP contribution in [0.3, 0.4) is 0 Å². The molecule has 2 bridgehead atoms. The third kappa shape index (κ3) is 2.91. The van der Waals surface area contributed by atoms with Crippen LogP contribution in [0, 0.1) is 28.6 Å². The topological polar surface area (TPSA) is 130 Å². The molecule has 0 amide bonds. The molecule has 0 unspecified atom stereocenters. The number of fused-ring (bicyclic) bond motifs is 3. The van der Waals surface area contributed by atoms with Crippen LogP contribution in [-0.4, -0.2) is 63.1 Å². The van der Waals surface area contributed by atoms with Crippen molar-refractivity contribution < 1.29 is 39.2 Å². The fourth-order valence-corrected chi connectivity index (χ4v) is 7.36. The molecule has 0 aliphatic heterocycles. The van der Waals surface area contributed by atoms with Gasteiger partial charge in [-0.25, -0.2) is 0 Å². The lowest BCUT2D eigenvalue weighted by Crippen LogP contribution is -2.65. The minimum absolute atomic E-state index is 0.158. The summed E-state index contributed by atoms with van der Waals surface area (Å²) in [5.41, 5.74) is -4.75. The summed E-state index contributed by atoms with van der Waals surface area (Å²) in [6, 6.07) is 0. The lowest BCUT2D eigenvalue weighted by Gasteiger charge is -2.48. The Kier molecular flexibility index (Phi) is 5.70. The van der Waals surface area contributed by atoms with Gasteiger partial charge < -0.3 is 24.8 Å². The van der Waals surface area contributed by atoms with Crippen molar-refractivity contribution in [1.82, 2.24) is 0 Å². The number of carbonyl (C=O) groups is 3. The van der Waals surface area contributed by atoms with Gasteiger partial charge in [0.05, 0.1) is 5.41 Å². The lowest BCUT2D eigenvalue weighted by atomic mass is 9.59. The number of allylic oxidation sites excluding steroid dienone is 1. The van der Waals surface area contributed by atoms with Crippen molar-refractivity contribution in [2.75, 3.05) is 6.61 Å². The van der Waals surface area contributed by atoms with Crippen LogP contribution >= 0.6 is 0 Å². The SMILES string of the molecule is CCCC(=O)O[C@@]12C[C@@H](C)[C@]34C=C(C)[C@H](O)[C@@]3(O)[C@H](O)C(COC(C)=O)=C[C@H](C4=O)[C@@H]1C2(C)C. The van der Waals surface area contributed by atoms with Crippen LogP contribution in [0.5, 0.6) is 0 Å². The van der Waals surface area contributed by atoms with E-state index in [2.05, 4.69) is 0 Å². The monoisotopic (exact) mass is 476 g/mol. The van der Waals surface area contributed by atoms with Crippen molar-refractivity contribution in [3.63, 3.8) is 0 Å². The average molecular weight is 477 g/mol. The first-order valence-electron chi connectivity index (χ1n) is 12.1. The van der Waals surface area contributed by atoms with Gasteiger partial charge in [-0.1, -0.05) is 39.8 Å². The molecule has 3 N–H and O–H groups in total. The first-order chi connectivity index (χ1) is 15.7. The van der Waals surface area contributed by atoms with Crippen LogP contribution in [-0.2, 0) is 23.9 Å². The summed E-state index contributed by atoms with van der Waals surface area (Å²) in [6.07, 6.45) is 1.25. The standard InChI is InChI=1S/C26H36O8/c1-7-8-18(28)34-25-11-14(3)24-10-13(2)20(29)26(24,32)21(30)16(12-33-15(4)27)9-17(22(24)31)19(25)23(25,5)6/h9-10,14,17,19-21,29-30,32H,7-8,11-12H2,1-6H3/t14-,17+,19-,20+,21-,24+,25+,26-/m1/s1.